The molecule has 1 unspecified atom stereocenters. The van der Waals surface area contributed by atoms with E-state index < -0.39 is 0 Å². The maximum absolute atomic E-state index is 4.50. The molecule has 108 valence electrons. The highest BCUT2D eigenvalue weighted by Crippen LogP contribution is 2.26. The molecule has 0 aliphatic rings. The lowest BCUT2D eigenvalue weighted by molar-refractivity contribution is 0.520. The van der Waals surface area contributed by atoms with E-state index >= 15 is 0 Å². The van der Waals surface area contributed by atoms with Crippen LogP contribution in [0.1, 0.15) is 31.3 Å². The summed E-state index contributed by atoms with van der Waals surface area (Å²) in [5.74, 6) is 1.13. The SMILES string of the molecule is CCNC(Cc1nccn1CC)c1cc(Br)ccc1I. The predicted molar refractivity (Wildman–Crippen MR) is 94.9 cm³/mol. The van der Waals surface area contributed by atoms with Gasteiger partial charge in [-0.05, 0) is 59.8 Å². The normalized spacial score (nSPS) is 12.6. The zero-order valence-corrected chi connectivity index (χ0v) is 15.5. The smallest absolute Gasteiger partial charge is 0.110 e. The Hall–Kier alpha value is -0.400. The van der Waals surface area contributed by atoms with E-state index in [1.165, 1.54) is 9.13 Å². The summed E-state index contributed by atoms with van der Waals surface area (Å²) in [5.41, 5.74) is 1.33. The first-order valence-corrected chi connectivity index (χ1v) is 8.71. The molecule has 1 N–H and O–H groups in total. The van der Waals surface area contributed by atoms with Gasteiger partial charge in [-0.2, -0.15) is 0 Å². The molecule has 2 aromatic rings. The molecule has 0 saturated heterocycles. The van der Waals surface area contributed by atoms with Crippen LogP contribution in [0.2, 0.25) is 0 Å². The second kappa shape index (κ2) is 7.56. The summed E-state index contributed by atoms with van der Waals surface area (Å²) < 4.78 is 4.61. The minimum absolute atomic E-state index is 0.289. The summed E-state index contributed by atoms with van der Waals surface area (Å²) in [6.07, 6.45) is 4.83. The van der Waals surface area contributed by atoms with Gasteiger partial charge in [-0.1, -0.05) is 22.9 Å². The van der Waals surface area contributed by atoms with Crippen molar-refractivity contribution in [2.45, 2.75) is 32.9 Å². The summed E-state index contributed by atoms with van der Waals surface area (Å²) in [6, 6.07) is 6.73. The number of nitrogens with one attached hydrogen (secondary N) is 1. The fourth-order valence-corrected chi connectivity index (χ4v) is 3.41. The van der Waals surface area contributed by atoms with Crippen molar-refractivity contribution < 1.29 is 0 Å². The average Bonchev–Trinajstić information content (AvgIpc) is 2.88. The standard InChI is InChI=1S/C15H19BrIN3/c1-3-18-14(10-15-19-7-8-20(15)4-2)12-9-11(16)5-6-13(12)17/h5-9,14,18H,3-4,10H2,1-2H3. The van der Waals surface area contributed by atoms with Crippen LogP contribution in [-0.4, -0.2) is 16.1 Å². The molecule has 0 fully saturated rings. The Kier molecular flexibility index (Phi) is 6.04. The molecular weight excluding hydrogens is 429 g/mol. The van der Waals surface area contributed by atoms with Gasteiger partial charge in [0.15, 0.2) is 0 Å². The molecular formula is C15H19BrIN3. The Labute approximate surface area is 142 Å². The van der Waals surface area contributed by atoms with E-state index in [9.17, 15) is 0 Å². The van der Waals surface area contributed by atoms with Crippen LogP contribution in [0.3, 0.4) is 0 Å². The first-order valence-electron chi connectivity index (χ1n) is 6.84. The Morgan fingerprint density at radius 1 is 1.40 bits per heavy atom. The number of likely N-dealkylation sites (N-methyl/N-ethyl adjacent to an activating group) is 1. The van der Waals surface area contributed by atoms with Gasteiger partial charge < -0.3 is 9.88 Å². The fraction of sp³-hybridized carbons (Fsp3) is 0.400. The Bertz CT molecular complexity index is 568. The average molecular weight is 448 g/mol. The summed E-state index contributed by atoms with van der Waals surface area (Å²) in [7, 11) is 0. The monoisotopic (exact) mass is 447 g/mol. The van der Waals surface area contributed by atoms with Crippen molar-refractivity contribution in [2.24, 2.45) is 0 Å². The lowest BCUT2D eigenvalue weighted by Crippen LogP contribution is -2.25. The quantitative estimate of drug-likeness (QED) is 0.673. The van der Waals surface area contributed by atoms with Crippen LogP contribution in [-0.2, 0) is 13.0 Å². The van der Waals surface area contributed by atoms with Crippen LogP contribution >= 0.6 is 38.5 Å². The number of aromatic nitrogens is 2. The van der Waals surface area contributed by atoms with Crippen molar-refractivity contribution in [1.82, 2.24) is 14.9 Å². The van der Waals surface area contributed by atoms with Gasteiger partial charge in [0, 0.05) is 39.4 Å². The Morgan fingerprint density at radius 3 is 2.90 bits per heavy atom. The molecule has 3 nitrogen and oxygen atoms in total. The maximum Gasteiger partial charge on any atom is 0.110 e. The van der Waals surface area contributed by atoms with Crippen LogP contribution in [0, 0.1) is 3.57 Å². The molecule has 0 bridgehead atoms. The molecule has 5 heteroatoms. The first-order chi connectivity index (χ1) is 9.65. The molecule has 0 spiro atoms. The third-order valence-corrected chi connectivity index (χ3v) is 4.79. The number of rotatable bonds is 6. The summed E-state index contributed by atoms with van der Waals surface area (Å²) in [5, 5.41) is 3.58. The molecule has 2 rings (SSSR count). The van der Waals surface area contributed by atoms with Crippen molar-refractivity contribution in [3.8, 4) is 0 Å². The van der Waals surface area contributed by atoms with Crippen molar-refractivity contribution in [1.29, 1.82) is 0 Å². The lowest BCUT2D eigenvalue weighted by atomic mass is 10.0. The third-order valence-electron chi connectivity index (χ3n) is 3.31. The lowest BCUT2D eigenvalue weighted by Gasteiger charge is -2.20. The number of aryl methyl sites for hydroxylation is 1. The molecule has 1 atom stereocenters. The molecule has 0 saturated carbocycles. The second-order valence-corrected chi connectivity index (χ2v) is 6.69. The van der Waals surface area contributed by atoms with E-state index in [1.807, 2.05) is 12.4 Å². The second-order valence-electron chi connectivity index (χ2n) is 4.61. The van der Waals surface area contributed by atoms with Crippen molar-refractivity contribution >= 4 is 38.5 Å². The Balaban J connectivity index is 2.29. The maximum atomic E-state index is 4.50. The van der Waals surface area contributed by atoms with Crippen LogP contribution < -0.4 is 5.32 Å². The minimum Gasteiger partial charge on any atom is -0.335 e. The predicted octanol–water partition coefficient (Wildman–Crippen LogP) is 4.16. The number of halogens is 2. The van der Waals surface area contributed by atoms with Gasteiger partial charge >= 0.3 is 0 Å². The van der Waals surface area contributed by atoms with Gasteiger partial charge in [-0.25, -0.2) is 4.98 Å². The third kappa shape index (κ3) is 3.83. The van der Waals surface area contributed by atoms with Crippen LogP contribution in [0.4, 0.5) is 0 Å². The van der Waals surface area contributed by atoms with E-state index in [2.05, 4.69) is 85.4 Å². The summed E-state index contributed by atoms with van der Waals surface area (Å²) in [4.78, 5) is 4.50. The topological polar surface area (TPSA) is 29.9 Å². The van der Waals surface area contributed by atoms with Crippen LogP contribution in [0.25, 0.3) is 0 Å². The molecule has 20 heavy (non-hydrogen) atoms. The van der Waals surface area contributed by atoms with E-state index in [-0.39, 0.29) is 6.04 Å². The highest BCUT2D eigenvalue weighted by Gasteiger charge is 2.17. The zero-order chi connectivity index (χ0) is 14.5. The summed E-state index contributed by atoms with van der Waals surface area (Å²) in [6.45, 7) is 6.20. The highest BCUT2D eigenvalue weighted by molar-refractivity contribution is 14.1. The van der Waals surface area contributed by atoms with Gasteiger partial charge in [0.05, 0.1) is 0 Å². The Morgan fingerprint density at radius 2 is 2.20 bits per heavy atom. The molecule has 0 aliphatic carbocycles. The van der Waals surface area contributed by atoms with Crippen LogP contribution in [0.5, 0.6) is 0 Å². The van der Waals surface area contributed by atoms with Gasteiger partial charge in [-0.3, -0.25) is 0 Å². The van der Waals surface area contributed by atoms with E-state index in [0.717, 1.165) is 29.8 Å². The molecule has 0 amide bonds. The molecule has 1 heterocycles. The molecule has 0 aliphatic heterocycles. The van der Waals surface area contributed by atoms with E-state index in [1.54, 1.807) is 0 Å². The number of nitrogens with zero attached hydrogens (tertiary/aromatic N) is 2. The van der Waals surface area contributed by atoms with Gasteiger partial charge in [0.25, 0.3) is 0 Å². The van der Waals surface area contributed by atoms with Crippen molar-refractivity contribution in [3.05, 3.63) is 50.0 Å². The van der Waals surface area contributed by atoms with Gasteiger partial charge in [-0.15, -0.1) is 0 Å². The first kappa shape index (κ1) is 16.0. The zero-order valence-electron chi connectivity index (χ0n) is 11.7. The fourth-order valence-electron chi connectivity index (χ4n) is 2.32. The summed E-state index contributed by atoms with van der Waals surface area (Å²) >= 11 is 5.97. The van der Waals surface area contributed by atoms with Crippen molar-refractivity contribution in [2.75, 3.05) is 6.54 Å². The van der Waals surface area contributed by atoms with E-state index in [0.29, 0.717) is 0 Å². The largest absolute Gasteiger partial charge is 0.335 e. The van der Waals surface area contributed by atoms with Crippen molar-refractivity contribution in [3.63, 3.8) is 0 Å². The highest BCUT2D eigenvalue weighted by atomic mass is 127. The number of benzene rings is 1. The molecule has 1 aromatic carbocycles. The molecule has 1 aromatic heterocycles. The van der Waals surface area contributed by atoms with Gasteiger partial charge in [0.1, 0.15) is 5.82 Å². The minimum atomic E-state index is 0.289. The number of hydrogen-bond donors (Lipinski definition) is 1. The molecule has 0 radical (unpaired) electrons. The van der Waals surface area contributed by atoms with Crippen LogP contribution in [0.15, 0.2) is 35.1 Å². The number of imidazole rings is 1. The van der Waals surface area contributed by atoms with E-state index in [4.69, 9.17) is 0 Å². The van der Waals surface area contributed by atoms with Gasteiger partial charge in [0.2, 0.25) is 0 Å². The number of hydrogen-bond acceptors (Lipinski definition) is 2.